The Morgan fingerprint density at radius 1 is 1.34 bits per heavy atom. The summed E-state index contributed by atoms with van der Waals surface area (Å²) in [5.74, 6) is 1.39. The van der Waals surface area contributed by atoms with E-state index < -0.39 is 12.7 Å². The molecule has 0 saturated carbocycles. The summed E-state index contributed by atoms with van der Waals surface area (Å²) >= 11 is 0. The summed E-state index contributed by atoms with van der Waals surface area (Å²) in [5.41, 5.74) is 1.04. The van der Waals surface area contributed by atoms with Gasteiger partial charge in [-0.05, 0) is 38.2 Å². The number of hydrogen-bond donors (Lipinski definition) is 2. The van der Waals surface area contributed by atoms with Gasteiger partial charge >= 0.3 is 6.18 Å². The molecule has 0 radical (unpaired) electrons. The monoisotopic (exact) mass is 529 g/mol. The highest BCUT2D eigenvalue weighted by atomic mass is 127. The van der Waals surface area contributed by atoms with Gasteiger partial charge in [0.15, 0.2) is 5.96 Å². The number of nitrogens with one attached hydrogen (secondary N) is 2. The summed E-state index contributed by atoms with van der Waals surface area (Å²) in [7, 11) is 5.64. The number of alkyl halides is 3. The van der Waals surface area contributed by atoms with Gasteiger partial charge in [0.05, 0.1) is 6.54 Å². The molecule has 1 aromatic carbocycles. The lowest BCUT2D eigenvalue weighted by Gasteiger charge is -2.20. The topological polar surface area (TPSA) is 52.1 Å². The summed E-state index contributed by atoms with van der Waals surface area (Å²) in [6, 6.07) is 7.76. The van der Waals surface area contributed by atoms with Crippen molar-refractivity contribution in [3.05, 3.63) is 29.8 Å². The highest BCUT2D eigenvalue weighted by Gasteiger charge is 2.34. The van der Waals surface area contributed by atoms with Crippen LogP contribution >= 0.6 is 24.0 Å². The summed E-state index contributed by atoms with van der Waals surface area (Å²) in [5, 5.41) is 6.42. The average molecular weight is 529 g/mol. The van der Waals surface area contributed by atoms with Gasteiger partial charge in [-0.15, -0.1) is 24.0 Å². The number of hydrogen-bond acceptors (Lipinski definition) is 4. The predicted molar refractivity (Wildman–Crippen MR) is 120 cm³/mol. The van der Waals surface area contributed by atoms with Crippen molar-refractivity contribution < 1.29 is 17.9 Å². The van der Waals surface area contributed by atoms with Gasteiger partial charge in [-0.2, -0.15) is 13.2 Å². The third kappa shape index (κ3) is 10.4. The van der Waals surface area contributed by atoms with E-state index in [0.29, 0.717) is 38.6 Å². The summed E-state index contributed by atoms with van der Waals surface area (Å²) in [6.45, 7) is 1.92. The van der Waals surface area contributed by atoms with E-state index in [0.717, 1.165) is 17.9 Å². The molecule has 0 bridgehead atoms. The van der Waals surface area contributed by atoms with Crippen molar-refractivity contribution in [1.82, 2.24) is 20.4 Å². The van der Waals surface area contributed by atoms with Crippen molar-refractivity contribution in [1.29, 1.82) is 0 Å². The van der Waals surface area contributed by atoms with Crippen molar-refractivity contribution in [3.8, 4) is 5.75 Å². The molecular formula is C19H31F3IN5O. The Balaban J connectivity index is 0.00000420. The number of benzene rings is 1. The molecule has 166 valence electrons. The van der Waals surface area contributed by atoms with Gasteiger partial charge in [0.25, 0.3) is 0 Å². The Morgan fingerprint density at radius 2 is 2.10 bits per heavy atom. The minimum Gasteiger partial charge on any atom is -0.492 e. The standard InChI is InChI=1S/C19H30F3N5O.HI/c1-23-18(25-16-7-8-27(13-16)14-19(20,21)22)24-12-15-5-4-6-17(11-15)28-10-9-26(2)3;/h4-6,11,16H,7-10,12-14H2,1-3H3,(H2,23,24,25);1H. The van der Waals surface area contributed by atoms with E-state index in [-0.39, 0.29) is 30.0 Å². The van der Waals surface area contributed by atoms with Gasteiger partial charge in [-0.25, -0.2) is 0 Å². The Kier molecular flexibility index (Phi) is 11.0. The maximum Gasteiger partial charge on any atom is 0.401 e. The first-order valence-corrected chi connectivity index (χ1v) is 9.38. The van der Waals surface area contributed by atoms with Gasteiger partial charge < -0.3 is 20.3 Å². The van der Waals surface area contributed by atoms with Gasteiger partial charge in [0.1, 0.15) is 12.4 Å². The van der Waals surface area contributed by atoms with Crippen LogP contribution in [0.1, 0.15) is 12.0 Å². The first-order valence-electron chi connectivity index (χ1n) is 9.38. The molecule has 6 nitrogen and oxygen atoms in total. The zero-order valence-corrected chi connectivity index (χ0v) is 19.5. The molecule has 1 aliphatic rings. The molecule has 1 heterocycles. The SMILES string of the molecule is CN=C(NCc1cccc(OCCN(C)C)c1)NC1CCN(CC(F)(F)F)C1.I. The van der Waals surface area contributed by atoms with E-state index >= 15 is 0 Å². The van der Waals surface area contributed by atoms with Crippen molar-refractivity contribution in [2.45, 2.75) is 25.2 Å². The smallest absolute Gasteiger partial charge is 0.401 e. The molecule has 29 heavy (non-hydrogen) atoms. The number of likely N-dealkylation sites (tertiary alicyclic amines) is 1. The first kappa shape index (κ1) is 25.8. The number of ether oxygens (including phenoxy) is 1. The molecule has 1 saturated heterocycles. The number of aliphatic imine (C=N–C) groups is 1. The van der Waals surface area contributed by atoms with Crippen molar-refractivity contribution in [2.24, 2.45) is 4.99 Å². The van der Waals surface area contributed by atoms with Crippen LogP contribution in [0.15, 0.2) is 29.3 Å². The molecular weight excluding hydrogens is 498 g/mol. The highest BCUT2D eigenvalue weighted by Crippen LogP contribution is 2.20. The van der Waals surface area contributed by atoms with Gasteiger partial charge in [-0.1, -0.05) is 12.1 Å². The Labute approximate surface area is 187 Å². The van der Waals surface area contributed by atoms with Crippen LogP contribution in [-0.4, -0.2) is 81.9 Å². The quantitative estimate of drug-likeness (QED) is 0.308. The summed E-state index contributed by atoms with van der Waals surface area (Å²) in [6.07, 6.45) is -3.50. The fourth-order valence-corrected chi connectivity index (χ4v) is 3.01. The molecule has 10 heteroatoms. The van der Waals surface area contributed by atoms with Gasteiger partial charge in [-0.3, -0.25) is 9.89 Å². The lowest BCUT2D eigenvalue weighted by molar-refractivity contribution is -0.143. The van der Waals surface area contributed by atoms with Gasteiger partial charge in [0.2, 0.25) is 0 Å². The number of guanidine groups is 1. The molecule has 1 atom stereocenters. The van der Waals surface area contributed by atoms with Crippen LogP contribution in [0, 0.1) is 0 Å². The van der Waals surface area contributed by atoms with Crippen LogP contribution in [0.5, 0.6) is 5.75 Å². The maximum atomic E-state index is 12.5. The molecule has 1 aliphatic heterocycles. The zero-order chi connectivity index (χ0) is 20.6. The minimum absolute atomic E-state index is 0. The minimum atomic E-state index is -4.16. The second-order valence-electron chi connectivity index (χ2n) is 7.21. The summed E-state index contributed by atoms with van der Waals surface area (Å²) < 4.78 is 43.3. The van der Waals surface area contributed by atoms with Crippen LogP contribution in [-0.2, 0) is 6.54 Å². The van der Waals surface area contributed by atoms with Crippen LogP contribution in [0.3, 0.4) is 0 Å². The molecule has 1 aromatic rings. The normalized spacial score (nSPS) is 17.9. The number of likely N-dealkylation sites (N-methyl/N-ethyl adjacent to an activating group) is 1. The van der Waals surface area contributed by atoms with Crippen molar-refractivity contribution >= 4 is 29.9 Å². The zero-order valence-electron chi connectivity index (χ0n) is 17.1. The molecule has 2 rings (SSSR count). The average Bonchev–Trinajstić information content (AvgIpc) is 3.03. The van der Waals surface area contributed by atoms with Gasteiger partial charge in [0, 0.05) is 39.3 Å². The molecule has 0 aliphatic carbocycles. The number of rotatable bonds is 8. The van der Waals surface area contributed by atoms with E-state index in [9.17, 15) is 13.2 Å². The Hall–Kier alpha value is -1.27. The maximum absolute atomic E-state index is 12.5. The van der Waals surface area contributed by atoms with E-state index in [1.165, 1.54) is 4.90 Å². The second-order valence-corrected chi connectivity index (χ2v) is 7.21. The highest BCUT2D eigenvalue weighted by molar-refractivity contribution is 14.0. The largest absolute Gasteiger partial charge is 0.492 e. The lowest BCUT2D eigenvalue weighted by atomic mass is 10.2. The third-order valence-corrected chi connectivity index (χ3v) is 4.41. The predicted octanol–water partition coefficient (Wildman–Crippen LogP) is 2.55. The lowest BCUT2D eigenvalue weighted by Crippen LogP contribution is -2.44. The fraction of sp³-hybridized carbons (Fsp3) is 0.632. The van der Waals surface area contributed by atoms with Crippen LogP contribution in [0.25, 0.3) is 0 Å². The molecule has 1 fully saturated rings. The molecule has 0 spiro atoms. The second kappa shape index (κ2) is 12.4. The Morgan fingerprint density at radius 3 is 2.76 bits per heavy atom. The molecule has 2 N–H and O–H groups in total. The Bertz CT molecular complexity index is 643. The summed E-state index contributed by atoms with van der Waals surface area (Å²) in [4.78, 5) is 7.65. The molecule has 1 unspecified atom stereocenters. The third-order valence-electron chi connectivity index (χ3n) is 4.41. The van der Waals surface area contributed by atoms with Crippen molar-refractivity contribution in [3.63, 3.8) is 0 Å². The molecule has 0 amide bonds. The van der Waals surface area contributed by atoms with Crippen LogP contribution in [0.4, 0.5) is 13.2 Å². The first-order chi connectivity index (χ1) is 13.2. The number of nitrogens with zero attached hydrogens (tertiary/aromatic N) is 3. The fourth-order valence-electron chi connectivity index (χ4n) is 3.01. The number of halogens is 4. The molecule has 0 aromatic heterocycles. The van der Waals surface area contributed by atoms with Crippen LogP contribution < -0.4 is 15.4 Å². The van der Waals surface area contributed by atoms with Crippen LogP contribution in [0.2, 0.25) is 0 Å². The van der Waals surface area contributed by atoms with Crippen molar-refractivity contribution in [2.75, 3.05) is 53.9 Å². The van der Waals surface area contributed by atoms with E-state index in [2.05, 4.69) is 20.5 Å². The van der Waals surface area contributed by atoms with E-state index in [4.69, 9.17) is 4.74 Å². The van der Waals surface area contributed by atoms with E-state index in [1.807, 2.05) is 38.4 Å². The van der Waals surface area contributed by atoms with E-state index in [1.54, 1.807) is 7.05 Å².